The van der Waals surface area contributed by atoms with Crippen molar-refractivity contribution in [2.24, 2.45) is 0 Å². The summed E-state index contributed by atoms with van der Waals surface area (Å²) in [6.07, 6.45) is 11.6. The normalized spacial score (nSPS) is 16.7. The number of fused-ring (bicyclic) bond motifs is 1. The molecule has 4 heteroatoms. The molecule has 0 saturated heterocycles. The Hall–Kier alpha value is -1.55. The molecule has 2 aromatic heterocycles. The lowest BCUT2D eigenvalue weighted by molar-refractivity contribution is 0.191. The van der Waals surface area contributed by atoms with Gasteiger partial charge in [0.25, 0.3) is 0 Å². The standard InChI is InChI=1S/C17H25N3O/c1-20(14-6-3-2-4-7-14)12-5-10-18-17-15-9-13-21-16(15)8-11-19-17/h8-9,11,13-14H,2-7,10,12H2,1H3,(H,18,19). The van der Waals surface area contributed by atoms with Crippen LogP contribution >= 0.6 is 0 Å². The maximum Gasteiger partial charge on any atom is 0.139 e. The molecule has 2 heterocycles. The van der Waals surface area contributed by atoms with Gasteiger partial charge in [0, 0.05) is 18.8 Å². The maximum atomic E-state index is 5.39. The number of furan rings is 1. The van der Waals surface area contributed by atoms with Gasteiger partial charge in [-0.25, -0.2) is 4.98 Å². The van der Waals surface area contributed by atoms with Crippen LogP contribution in [0.25, 0.3) is 11.0 Å². The molecular weight excluding hydrogens is 262 g/mol. The van der Waals surface area contributed by atoms with Gasteiger partial charge in [-0.05, 0) is 45.0 Å². The van der Waals surface area contributed by atoms with Crippen molar-refractivity contribution in [2.75, 3.05) is 25.5 Å². The molecule has 1 aliphatic rings. The molecule has 3 rings (SSSR count). The summed E-state index contributed by atoms with van der Waals surface area (Å²) in [5, 5.41) is 4.50. The molecule has 0 bridgehead atoms. The lowest BCUT2D eigenvalue weighted by Crippen LogP contribution is -2.34. The zero-order valence-corrected chi connectivity index (χ0v) is 12.8. The molecular formula is C17H25N3O. The molecule has 1 fully saturated rings. The molecule has 0 spiro atoms. The van der Waals surface area contributed by atoms with Crippen molar-refractivity contribution in [3.05, 3.63) is 24.6 Å². The molecule has 1 aliphatic carbocycles. The minimum atomic E-state index is 0.800. The molecule has 0 amide bonds. The Bertz CT molecular complexity index is 560. The van der Waals surface area contributed by atoms with E-state index in [-0.39, 0.29) is 0 Å². The molecule has 1 N–H and O–H groups in total. The number of pyridine rings is 1. The van der Waals surface area contributed by atoms with Gasteiger partial charge in [-0.2, -0.15) is 0 Å². The fourth-order valence-corrected chi connectivity index (χ4v) is 3.28. The number of hydrogen-bond acceptors (Lipinski definition) is 4. The molecule has 0 unspecified atom stereocenters. The SMILES string of the molecule is CN(CCCNc1nccc2occc12)C1CCCCC1. The number of rotatable bonds is 6. The van der Waals surface area contributed by atoms with Crippen LogP contribution in [-0.4, -0.2) is 36.1 Å². The molecule has 0 aliphatic heterocycles. The van der Waals surface area contributed by atoms with Crippen molar-refractivity contribution in [1.29, 1.82) is 0 Å². The molecule has 4 nitrogen and oxygen atoms in total. The van der Waals surface area contributed by atoms with Crippen LogP contribution in [0.3, 0.4) is 0 Å². The first-order valence-electron chi connectivity index (χ1n) is 8.11. The first-order valence-corrected chi connectivity index (χ1v) is 8.11. The highest BCUT2D eigenvalue weighted by Gasteiger charge is 2.17. The average molecular weight is 287 g/mol. The largest absolute Gasteiger partial charge is 0.464 e. The summed E-state index contributed by atoms with van der Waals surface area (Å²) in [6.45, 7) is 2.10. The topological polar surface area (TPSA) is 41.3 Å². The summed E-state index contributed by atoms with van der Waals surface area (Å²) in [4.78, 5) is 6.94. The highest BCUT2D eigenvalue weighted by atomic mass is 16.3. The van der Waals surface area contributed by atoms with Crippen molar-refractivity contribution in [3.8, 4) is 0 Å². The third kappa shape index (κ3) is 3.56. The van der Waals surface area contributed by atoms with Crippen LogP contribution in [0.5, 0.6) is 0 Å². The lowest BCUT2D eigenvalue weighted by atomic mass is 9.94. The summed E-state index contributed by atoms with van der Waals surface area (Å²) in [5.41, 5.74) is 0.895. The van der Waals surface area contributed by atoms with Crippen LogP contribution in [0.2, 0.25) is 0 Å². The Labute approximate surface area is 126 Å². The minimum Gasteiger partial charge on any atom is -0.464 e. The van der Waals surface area contributed by atoms with E-state index in [0.29, 0.717) is 0 Å². The lowest BCUT2D eigenvalue weighted by Gasteiger charge is -2.31. The summed E-state index contributed by atoms with van der Waals surface area (Å²) in [7, 11) is 2.27. The van der Waals surface area contributed by atoms with Crippen LogP contribution in [-0.2, 0) is 0 Å². The number of nitrogens with zero attached hydrogens (tertiary/aromatic N) is 2. The smallest absolute Gasteiger partial charge is 0.139 e. The van der Waals surface area contributed by atoms with Crippen LogP contribution in [0.15, 0.2) is 29.0 Å². The number of aromatic nitrogens is 1. The van der Waals surface area contributed by atoms with Crippen molar-refractivity contribution < 1.29 is 4.42 Å². The van der Waals surface area contributed by atoms with E-state index in [1.165, 1.54) is 32.1 Å². The van der Waals surface area contributed by atoms with E-state index >= 15 is 0 Å². The summed E-state index contributed by atoms with van der Waals surface area (Å²) < 4.78 is 5.39. The van der Waals surface area contributed by atoms with Gasteiger partial charge >= 0.3 is 0 Å². The fourth-order valence-electron chi connectivity index (χ4n) is 3.28. The Morgan fingerprint density at radius 2 is 2.14 bits per heavy atom. The molecule has 21 heavy (non-hydrogen) atoms. The predicted octanol–water partition coefficient (Wildman–Crippen LogP) is 3.89. The third-order valence-electron chi connectivity index (χ3n) is 4.56. The first kappa shape index (κ1) is 14.4. The van der Waals surface area contributed by atoms with E-state index in [1.807, 2.05) is 12.1 Å². The second kappa shape index (κ2) is 6.94. The Balaban J connectivity index is 1.44. The van der Waals surface area contributed by atoms with Crippen LogP contribution in [0, 0.1) is 0 Å². The Morgan fingerprint density at radius 3 is 3.00 bits per heavy atom. The zero-order valence-electron chi connectivity index (χ0n) is 12.8. The quantitative estimate of drug-likeness (QED) is 0.818. The van der Waals surface area contributed by atoms with Crippen LogP contribution < -0.4 is 5.32 Å². The van der Waals surface area contributed by atoms with E-state index in [0.717, 1.165) is 42.3 Å². The Morgan fingerprint density at radius 1 is 1.29 bits per heavy atom. The maximum absolute atomic E-state index is 5.39. The average Bonchev–Trinajstić information content (AvgIpc) is 3.01. The van der Waals surface area contributed by atoms with Gasteiger partial charge in [-0.15, -0.1) is 0 Å². The van der Waals surface area contributed by atoms with Crippen molar-refractivity contribution in [2.45, 2.75) is 44.6 Å². The van der Waals surface area contributed by atoms with Crippen molar-refractivity contribution in [3.63, 3.8) is 0 Å². The highest BCUT2D eigenvalue weighted by Crippen LogP contribution is 2.23. The van der Waals surface area contributed by atoms with Gasteiger partial charge < -0.3 is 14.6 Å². The summed E-state index contributed by atoms with van der Waals surface area (Å²) >= 11 is 0. The van der Waals surface area contributed by atoms with E-state index in [9.17, 15) is 0 Å². The number of nitrogens with one attached hydrogen (secondary N) is 1. The molecule has 2 aromatic rings. The third-order valence-corrected chi connectivity index (χ3v) is 4.56. The van der Waals surface area contributed by atoms with Gasteiger partial charge in [0.15, 0.2) is 0 Å². The fraction of sp³-hybridized carbons (Fsp3) is 0.588. The van der Waals surface area contributed by atoms with E-state index in [2.05, 4.69) is 22.2 Å². The van der Waals surface area contributed by atoms with Crippen molar-refractivity contribution >= 4 is 16.8 Å². The first-order chi connectivity index (χ1) is 10.3. The molecule has 0 radical (unpaired) electrons. The van der Waals surface area contributed by atoms with Crippen LogP contribution in [0.1, 0.15) is 38.5 Å². The predicted molar refractivity (Wildman–Crippen MR) is 86.6 cm³/mol. The van der Waals surface area contributed by atoms with Gasteiger partial charge in [0.1, 0.15) is 11.4 Å². The monoisotopic (exact) mass is 287 g/mol. The highest BCUT2D eigenvalue weighted by molar-refractivity contribution is 5.87. The van der Waals surface area contributed by atoms with Gasteiger partial charge in [-0.3, -0.25) is 0 Å². The minimum absolute atomic E-state index is 0.800. The van der Waals surface area contributed by atoms with Gasteiger partial charge in [-0.1, -0.05) is 19.3 Å². The number of hydrogen-bond donors (Lipinski definition) is 1. The van der Waals surface area contributed by atoms with Crippen molar-refractivity contribution in [1.82, 2.24) is 9.88 Å². The van der Waals surface area contributed by atoms with E-state index in [4.69, 9.17) is 4.42 Å². The Kier molecular flexibility index (Phi) is 4.76. The zero-order chi connectivity index (χ0) is 14.5. The second-order valence-corrected chi connectivity index (χ2v) is 6.04. The summed E-state index contributed by atoms with van der Waals surface area (Å²) in [6, 6.07) is 4.67. The van der Waals surface area contributed by atoms with Gasteiger partial charge in [0.05, 0.1) is 11.6 Å². The second-order valence-electron chi connectivity index (χ2n) is 6.04. The van der Waals surface area contributed by atoms with Gasteiger partial charge in [0.2, 0.25) is 0 Å². The molecule has 114 valence electrons. The summed E-state index contributed by atoms with van der Waals surface area (Å²) in [5.74, 6) is 0.932. The molecule has 1 saturated carbocycles. The molecule has 0 atom stereocenters. The van der Waals surface area contributed by atoms with E-state index in [1.54, 1.807) is 12.5 Å². The molecule has 0 aromatic carbocycles. The van der Waals surface area contributed by atoms with E-state index < -0.39 is 0 Å². The number of anilines is 1. The van der Waals surface area contributed by atoms with Crippen LogP contribution in [0.4, 0.5) is 5.82 Å².